The molecule has 0 saturated heterocycles. The number of anilines is 1. The van der Waals surface area contributed by atoms with Crippen molar-refractivity contribution in [2.45, 2.75) is 58.9 Å². The maximum atomic E-state index is 12.0. The van der Waals surface area contributed by atoms with E-state index in [1.807, 2.05) is 0 Å². The zero-order chi connectivity index (χ0) is 14.2. The average molecular weight is 260 g/mol. The van der Waals surface area contributed by atoms with Crippen molar-refractivity contribution >= 4 is 11.6 Å². The van der Waals surface area contributed by atoms with Crippen LogP contribution in [-0.4, -0.2) is 5.91 Å². The van der Waals surface area contributed by atoms with Crippen LogP contribution in [-0.2, 0) is 4.79 Å². The molecule has 3 nitrogen and oxygen atoms in total. The molecule has 0 saturated carbocycles. The van der Waals surface area contributed by atoms with Crippen LogP contribution in [0, 0.1) is 13.8 Å². The Kier molecular flexibility index (Phi) is 3.95. The van der Waals surface area contributed by atoms with Crippen molar-refractivity contribution in [1.29, 1.82) is 0 Å². The number of nitrogens with one attached hydrogen (secondary N) is 1. The SMILES string of the molecule is CCCC(N)c1cc2c(c(C)c1C)NC(=O)C2CC. The predicted molar refractivity (Wildman–Crippen MR) is 79.4 cm³/mol. The van der Waals surface area contributed by atoms with E-state index >= 15 is 0 Å². The molecule has 0 aliphatic carbocycles. The van der Waals surface area contributed by atoms with E-state index in [0.717, 1.165) is 30.5 Å². The molecule has 1 heterocycles. The standard InChI is InChI=1S/C16H24N2O/c1-5-7-14(17)12-8-13-11(6-2)16(19)18-15(13)10(4)9(12)3/h8,11,14H,5-7,17H2,1-4H3,(H,18,19). The Morgan fingerprint density at radius 2 is 2.00 bits per heavy atom. The second-order valence-corrected chi connectivity index (χ2v) is 5.53. The lowest BCUT2D eigenvalue weighted by molar-refractivity contribution is -0.117. The number of benzene rings is 1. The molecule has 0 fully saturated rings. The number of amides is 1. The third-order valence-electron chi connectivity index (χ3n) is 4.32. The lowest BCUT2D eigenvalue weighted by Gasteiger charge is -2.19. The van der Waals surface area contributed by atoms with E-state index in [1.165, 1.54) is 16.7 Å². The molecule has 0 bridgehead atoms. The van der Waals surface area contributed by atoms with Gasteiger partial charge >= 0.3 is 0 Å². The maximum absolute atomic E-state index is 12.0. The molecular weight excluding hydrogens is 236 g/mol. The summed E-state index contributed by atoms with van der Waals surface area (Å²) in [6.45, 7) is 8.38. The molecule has 2 atom stereocenters. The van der Waals surface area contributed by atoms with E-state index in [1.54, 1.807) is 0 Å². The summed E-state index contributed by atoms with van der Waals surface area (Å²) >= 11 is 0. The van der Waals surface area contributed by atoms with Gasteiger partial charge in [-0.25, -0.2) is 0 Å². The first kappa shape index (κ1) is 14.1. The molecule has 3 heteroatoms. The summed E-state index contributed by atoms with van der Waals surface area (Å²) in [5.74, 6) is 0.114. The Bertz CT molecular complexity index is 508. The Labute approximate surface area is 115 Å². The number of hydrogen-bond acceptors (Lipinski definition) is 2. The molecule has 1 aromatic rings. The summed E-state index contributed by atoms with van der Waals surface area (Å²) in [7, 11) is 0. The van der Waals surface area contributed by atoms with Gasteiger partial charge in [-0.2, -0.15) is 0 Å². The van der Waals surface area contributed by atoms with Crippen LogP contribution in [0.2, 0.25) is 0 Å². The van der Waals surface area contributed by atoms with Crippen molar-refractivity contribution < 1.29 is 4.79 Å². The predicted octanol–water partition coefficient (Wildman–Crippen LogP) is 3.55. The van der Waals surface area contributed by atoms with Gasteiger partial charge in [0.25, 0.3) is 0 Å². The quantitative estimate of drug-likeness (QED) is 0.869. The first-order valence-corrected chi connectivity index (χ1v) is 7.21. The zero-order valence-corrected chi connectivity index (χ0v) is 12.3. The third-order valence-corrected chi connectivity index (χ3v) is 4.32. The van der Waals surface area contributed by atoms with Gasteiger partial charge in [0.1, 0.15) is 0 Å². The molecule has 0 aromatic heterocycles. The molecule has 19 heavy (non-hydrogen) atoms. The van der Waals surface area contributed by atoms with Crippen molar-refractivity contribution in [3.8, 4) is 0 Å². The van der Waals surface area contributed by atoms with Gasteiger partial charge in [0.05, 0.1) is 5.92 Å². The first-order chi connectivity index (χ1) is 9.01. The summed E-state index contributed by atoms with van der Waals surface area (Å²) in [5, 5.41) is 3.03. The van der Waals surface area contributed by atoms with Crippen LogP contribution in [0.5, 0.6) is 0 Å². The third kappa shape index (κ3) is 2.27. The summed E-state index contributed by atoms with van der Waals surface area (Å²) in [4.78, 5) is 12.0. The molecule has 3 N–H and O–H groups in total. The van der Waals surface area contributed by atoms with E-state index in [-0.39, 0.29) is 17.9 Å². The molecule has 2 rings (SSSR count). The van der Waals surface area contributed by atoms with Gasteiger partial charge < -0.3 is 11.1 Å². The minimum Gasteiger partial charge on any atom is -0.325 e. The normalized spacial score (nSPS) is 19.2. The highest BCUT2D eigenvalue weighted by atomic mass is 16.2. The van der Waals surface area contributed by atoms with Gasteiger partial charge in [-0.15, -0.1) is 0 Å². The van der Waals surface area contributed by atoms with Crippen LogP contribution in [0.3, 0.4) is 0 Å². The summed E-state index contributed by atoms with van der Waals surface area (Å²) < 4.78 is 0. The van der Waals surface area contributed by atoms with Crippen molar-refractivity contribution in [3.05, 3.63) is 28.3 Å². The van der Waals surface area contributed by atoms with E-state index in [4.69, 9.17) is 5.73 Å². The van der Waals surface area contributed by atoms with Gasteiger partial charge in [0.15, 0.2) is 0 Å². The molecule has 2 unspecified atom stereocenters. The molecule has 104 valence electrons. The number of carbonyl (C=O) groups is 1. The highest BCUT2D eigenvalue weighted by Crippen LogP contribution is 2.40. The number of hydrogen-bond donors (Lipinski definition) is 2. The highest BCUT2D eigenvalue weighted by Gasteiger charge is 2.31. The van der Waals surface area contributed by atoms with Crippen LogP contribution in [0.15, 0.2) is 6.07 Å². The van der Waals surface area contributed by atoms with Crippen LogP contribution < -0.4 is 11.1 Å². The zero-order valence-electron chi connectivity index (χ0n) is 12.3. The van der Waals surface area contributed by atoms with E-state index in [2.05, 4.69) is 39.1 Å². The largest absolute Gasteiger partial charge is 0.325 e. The highest BCUT2D eigenvalue weighted by molar-refractivity contribution is 6.04. The van der Waals surface area contributed by atoms with Crippen molar-refractivity contribution in [2.24, 2.45) is 5.73 Å². The fourth-order valence-corrected chi connectivity index (χ4v) is 3.02. The van der Waals surface area contributed by atoms with E-state index in [9.17, 15) is 4.79 Å². The minimum absolute atomic E-state index is 0.0122. The Balaban J connectivity index is 2.53. The second kappa shape index (κ2) is 5.33. The van der Waals surface area contributed by atoms with Gasteiger partial charge in [0, 0.05) is 11.7 Å². The molecule has 0 radical (unpaired) electrons. The summed E-state index contributed by atoms with van der Waals surface area (Å²) in [6.07, 6.45) is 2.89. The van der Waals surface area contributed by atoms with Crippen molar-refractivity contribution in [3.63, 3.8) is 0 Å². The Morgan fingerprint density at radius 3 is 2.58 bits per heavy atom. The van der Waals surface area contributed by atoms with Gasteiger partial charge in [-0.3, -0.25) is 4.79 Å². The van der Waals surface area contributed by atoms with Crippen molar-refractivity contribution in [2.75, 3.05) is 5.32 Å². The number of carbonyl (C=O) groups excluding carboxylic acids is 1. The topological polar surface area (TPSA) is 55.1 Å². The molecule has 1 aliphatic rings. The lowest BCUT2D eigenvalue weighted by atomic mass is 9.88. The van der Waals surface area contributed by atoms with Crippen LogP contribution >= 0.6 is 0 Å². The fraction of sp³-hybridized carbons (Fsp3) is 0.562. The lowest BCUT2D eigenvalue weighted by Crippen LogP contribution is -2.13. The monoisotopic (exact) mass is 260 g/mol. The van der Waals surface area contributed by atoms with E-state index in [0.29, 0.717) is 0 Å². The number of nitrogens with two attached hydrogens (primary N) is 1. The molecule has 0 spiro atoms. The number of rotatable bonds is 4. The first-order valence-electron chi connectivity index (χ1n) is 7.21. The molecule has 1 amide bonds. The molecule has 1 aromatic carbocycles. The second-order valence-electron chi connectivity index (χ2n) is 5.53. The fourth-order valence-electron chi connectivity index (χ4n) is 3.02. The van der Waals surface area contributed by atoms with Crippen LogP contribution in [0.25, 0.3) is 0 Å². The van der Waals surface area contributed by atoms with Crippen LogP contribution in [0.4, 0.5) is 5.69 Å². The smallest absolute Gasteiger partial charge is 0.232 e. The van der Waals surface area contributed by atoms with Gasteiger partial charge in [0.2, 0.25) is 5.91 Å². The van der Waals surface area contributed by atoms with Crippen LogP contribution in [0.1, 0.15) is 67.3 Å². The summed E-state index contributed by atoms with van der Waals surface area (Å²) in [5.41, 5.74) is 12.0. The Morgan fingerprint density at radius 1 is 1.32 bits per heavy atom. The molecule has 1 aliphatic heterocycles. The van der Waals surface area contributed by atoms with E-state index < -0.39 is 0 Å². The number of fused-ring (bicyclic) bond motifs is 1. The average Bonchev–Trinajstić information content (AvgIpc) is 2.70. The maximum Gasteiger partial charge on any atom is 0.232 e. The van der Waals surface area contributed by atoms with Gasteiger partial charge in [-0.1, -0.05) is 26.3 Å². The minimum atomic E-state index is -0.0122. The van der Waals surface area contributed by atoms with Gasteiger partial charge in [-0.05, 0) is 48.9 Å². The summed E-state index contributed by atoms with van der Waals surface area (Å²) in [6, 6.07) is 2.23. The Hall–Kier alpha value is -1.35. The molecular formula is C16H24N2O. The van der Waals surface area contributed by atoms with Crippen molar-refractivity contribution in [1.82, 2.24) is 0 Å².